The minimum absolute atomic E-state index is 0.174. The van der Waals surface area contributed by atoms with Crippen molar-refractivity contribution in [2.45, 2.75) is 6.92 Å². The highest BCUT2D eigenvalue weighted by atomic mass is 16.4. The molecule has 0 spiro atoms. The van der Waals surface area contributed by atoms with Crippen LogP contribution < -0.4 is 0 Å². The maximum absolute atomic E-state index is 10.2. The van der Waals surface area contributed by atoms with Crippen LogP contribution >= 0.6 is 0 Å². The first-order valence-electron chi connectivity index (χ1n) is 3.80. The quantitative estimate of drug-likeness (QED) is 0.679. The van der Waals surface area contributed by atoms with Crippen molar-refractivity contribution in [3.8, 4) is 5.75 Å². The third kappa shape index (κ3) is 2.63. The van der Waals surface area contributed by atoms with E-state index in [9.17, 15) is 9.90 Å². The van der Waals surface area contributed by atoms with E-state index in [1.807, 2.05) is 0 Å². The Labute approximate surface area is 76.0 Å². The molecule has 0 aliphatic heterocycles. The van der Waals surface area contributed by atoms with E-state index < -0.39 is 5.97 Å². The Morgan fingerprint density at radius 1 is 1.46 bits per heavy atom. The average molecular weight is 178 g/mol. The molecule has 13 heavy (non-hydrogen) atoms. The Bertz CT molecular complexity index is 353. The molecule has 3 nitrogen and oxygen atoms in total. The highest BCUT2D eigenvalue weighted by Crippen LogP contribution is 2.17. The van der Waals surface area contributed by atoms with Gasteiger partial charge in [-0.2, -0.15) is 0 Å². The van der Waals surface area contributed by atoms with Crippen LogP contribution in [-0.2, 0) is 4.79 Å². The van der Waals surface area contributed by atoms with Crippen molar-refractivity contribution in [2.75, 3.05) is 0 Å². The minimum atomic E-state index is -1.000. The van der Waals surface area contributed by atoms with Gasteiger partial charge in [0.1, 0.15) is 5.75 Å². The van der Waals surface area contributed by atoms with E-state index in [1.54, 1.807) is 19.1 Å². The molecule has 0 aliphatic rings. The molecule has 2 N–H and O–H groups in total. The largest absolute Gasteiger partial charge is 0.508 e. The van der Waals surface area contributed by atoms with Gasteiger partial charge in [0, 0.05) is 6.08 Å². The average Bonchev–Trinajstić information content (AvgIpc) is 2.07. The lowest BCUT2D eigenvalue weighted by molar-refractivity contribution is -0.131. The van der Waals surface area contributed by atoms with Gasteiger partial charge in [0.25, 0.3) is 0 Å². The molecule has 1 aromatic rings. The number of aromatic hydroxyl groups is 1. The van der Waals surface area contributed by atoms with Crippen LogP contribution in [-0.4, -0.2) is 16.2 Å². The van der Waals surface area contributed by atoms with Crippen LogP contribution in [0.2, 0.25) is 0 Å². The van der Waals surface area contributed by atoms with Gasteiger partial charge in [-0.05, 0) is 30.2 Å². The van der Waals surface area contributed by atoms with Crippen LogP contribution in [0, 0.1) is 6.92 Å². The summed E-state index contributed by atoms with van der Waals surface area (Å²) in [5.41, 5.74) is 1.44. The number of rotatable bonds is 2. The summed E-state index contributed by atoms with van der Waals surface area (Å²) in [7, 11) is 0. The Balaban J connectivity index is 2.92. The third-order valence-electron chi connectivity index (χ3n) is 1.65. The molecule has 0 aliphatic carbocycles. The Kier molecular flexibility index (Phi) is 2.69. The number of carboxylic acid groups (broad SMARTS) is 1. The number of benzene rings is 1. The zero-order valence-electron chi connectivity index (χ0n) is 7.19. The second-order valence-corrected chi connectivity index (χ2v) is 2.72. The highest BCUT2D eigenvalue weighted by Gasteiger charge is 1.95. The van der Waals surface area contributed by atoms with E-state index in [0.717, 1.165) is 11.6 Å². The molecule has 0 unspecified atom stereocenters. The molecular weight excluding hydrogens is 168 g/mol. The molecule has 1 aromatic carbocycles. The number of phenols is 1. The first-order valence-corrected chi connectivity index (χ1v) is 3.80. The monoisotopic (exact) mass is 178 g/mol. The van der Waals surface area contributed by atoms with Gasteiger partial charge in [0.2, 0.25) is 0 Å². The Morgan fingerprint density at radius 2 is 2.15 bits per heavy atom. The first-order chi connectivity index (χ1) is 6.09. The number of aliphatic carboxylic acids is 1. The van der Waals surface area contributed by atoms with Crippen LogP contribution in [0.1, 0.15) is 11.1 Å². The normalized spacial score (nSPS) is 10.5. The van der Waals surface area contributed by atoms with Crippen LogP contribution in [0.4, 0.5) is 0 Å². The van der Waals surface area contributed by atoms with Gasteiger partial charge < -0.3 is 10.2 Å². The zero-order valence-corrected chi connectivity index (χ0v) is 7.19. The molecule has 0 heterocycles. The Hall–Kier alpha value is -1.77. The molecule has 0 saturated carbocycles. The number of hydrogen-bond acceptors (Lipinski definition) is 2. The number of carboxylic acids is 1. The number of hydrogen-bond donors (Lipinski definition) is 2. The van der Waals surface area contributed by atoms with Gasteiger partial charge in [0.15, 0.2) is 0 Å². The zero-order chi connectivity index (χ0) is 9.84. The molecule has 0 saturated heterocycles. The predicted octanol–water partition coefficient (Wildman–Crippen LogP) is 1.80. The lowest BCUT2D eigenvalue weighted by Crippen LogP contribution is -1.85. The molecular formula is C10H10O3. The van der Waals surface area contributed by atoms with Gasteiger partial charge in [-0.1, -0.05) is 12.1 Å². The van der Waals surface area contributed by atoms with Crippen LogP contribution in [0.3, 0.4) is 0 Å². The molecule has 68 valence electrons. The van der Waals surface area contributed by atoms with Crippen LogP contribution in [0.15, 0.2) is 24.3 Å². The van der Waals surface area contributed by atoms with Gasteiger partial charge >= 0.3 is 5.97 Å². The summed E-state index contributed by atoms with van der Waals surface area (Å²) in [6, 6.07) is 5.00. The number of phenolic OH excluding ortho intramolecular Hbond substituents is 1. The molecule has 0 atom stereocenters. The summed E-state index contributed by atoms with van der Waals surface area (Å²) < 4.78 is 0. The van der Waals surface area contributed by atoms with Crippen LogP contribution in [0.25, 0.3) is 6.08 Å². The maximum atomic E-state index is 10.2. The van der Waals surface area contributed by atoms with Gasteiger partial charge in [-0.25, -0.2) is 4.79 Å². The summed E-state index contributed by atoms with van der Waals surface area (Å²) in [4.78, 5) is 10.2. The second-order valence-electron chi connectivity index (χ2n) is 2.72. The SMILES string of the molecule is Cc1ccc(/C=C/C(=O)O)cc1O. The van der Waals surface area contributed by atoms with Crippen molar-refractivity contribution in [3.63, 3.8) is 0 Å². The van der Waals surface area contributed by atoms with E-state index in [2.05, 4.69) is 0 Å². The summed E-state index contributed by atoms with van der Waals surface area (Å²) in [5.74, 6) is -0.826. The van der Waals surface area contributed by atoms with Crippen molar-refractivity contribution in [3.05, 3.63) is 35.4 Å². The fraction of sp³-hybridized carbons (Fsp3) is 0.100. The van der Waals surface area contributed by atoms with E-state index in [1.165, 1.54) is 12.1 Å². The topological polar surface area (TPSA) is 57.5 Å². The first kappa shape index (κ1) is 9.32. The smallest absolute Gasteiger partial charge is 0.328 e. The summed E-state index contributed by atoms with van der Waals surface area (Å²) in [5, 5.41) is 17.6. The van der Waals surface area contributed by atoms with Crippen molar-refractivity contribution < 1.29 is 15.0 Å². The van der Waals surface area contributed by atoms with Crippen molar-refractivity contribution in [1.29, 1.82) is 0 Å². The fourth-order valence-electron chi connectivity index (χ4n) is 0.898. The van der Waals surface area contributed by atoms with Crippen molar-refractivity contribution in [2.24, 2.45) is 0 Å². The number of aryl methyl sites for hydroxylation is 1. The lowest BCUT2D eigenvalue weighted by atomic mass is 10.1. The maximum Gasteiger partial charge on any atom is 0.328 e. The van der Waals surface area contributed by atoms with E-state index in [-0.39, 0.29) is 5.75 Å². The Morgan fingerprint density at radius 3 is 2.69 bits per heavy atom. The van der Waals surface area contributed by atoms with Gasteiger partial charge in [-0.3, -0.25) is 0 Å². The lowest BCUT2D eigenvalue weighted by Gasteiger charge is -1.98. The van der Waals surface area contributed by atoms with Gasteiger partial charge in [-0.15, -0.1) is 0 Å². The standard InChI is InChI=1S/C10H10O3/c1-7-2-3-8(6-9(7)11)4-5-10(12)13/h2-6,11H,1H3,(H,12,13)/b5-4+. The third-order valence-corrected chi connectivity index (χ3v) is 1.65. The molecule has 3 heteroatoms. The predicted molar refractivity (Wildman–Crippen MR) is 49.5 cm³/mol. The van der Waals surface area contributed by atoms with Crippen LogP contribution in [0.5, 0.6) is 5.75 Å². The summed E-state index contributed by atoms with van der Waals surface area (Å²) >= 11 is 0. The molecule has 0 radical (unpaired) electrons. The molecule has 0 amide bonds. The molecule has 1 rings (SSSR count). The molecule has 0 bridgehead atoms. The fourth-order valence-corrected chi connectivity index (χ4v) is 0.898. The van der Waals surface area contributed by atoms with E-state index in [0.29, 0.717) is 5.56 Å². The summed E-state index contributed by atoms with van der Waals surface area (Å²) in [6.45, 7) is 1.78. The van der Waals surface area contributed by atoms with E-state index in [4.69, 9.17) is 5.11 Å². The van der Waals surface area contributed by atoms with Crippen molar-refractivity contribution >= 4 is 12.0 Å². The van der Waals surface area contributed by atoms with Gasteiger partial charge in [0.05, 0.1) is 0 Å². The molecule has 0 aromatic heterocycles. The number of carbonyl (C=O) groups is 1. The van der Waals surface area contributed by atoms with Crippen molar-refractivity contribution in [1.82, 2.24) is 0 Å². The minimum Gasteiger partial charge on any atom is -0.508 e. The second kappa shape index (κ2) is 3.76. The van der Waals surface area contributed by atoms with E-state index >= 15 is 0 Å². The summed E-state index contributed by atoms with van der Waals surface area (Å²) in [6.07, 6.45) is 2.46. The molecule has 0 fully saturated rings. The highest BCUT2D eigenvalue weighted by molar-refractivity contribution is 5.85.